The molecular weight excluding hydrogens is 853 g/mol. The number of fused-ring (bicyclic) bond motifs is 2. The lowest BCUT2D eigenvalue weighted by molar-refractivity contribution is -0.130. The summed E-state index contributed by atoms with van der Waals surface area (Å²) in [5.41, 5.74) is -1.87. The second-order valence-corrected chi connectivity index (χ2v) is 17.2. The Morgan fingerprint density at radius 1 is 0.493 bits per heavy atom. The second-order valence-electron chi connectivity index (χ2n) is 17.2. The van der Waals surface area contributed by atoms with E-state index in [9.17, 15) is 28.8 Å². The Labute approximate surface area is 386 Å². The molecule has 0 N–H and O–H groups in total. The zero-order valence-electron chi connectivity index (χ0n) is 38.9. The van der Waals surface area contributed by atoms with Gasteiger partial charge in [0.1, 0.15) is 34.5 Å². The number of carbonyl (C=O) groups is 2. The highest BCUT2D eigenvalue weighted by atomic mass is 16.5. The molecule has 0 radical (unpaired) electrons. The third-order valence-corrected chi connectivity index (χ3v) is 12.8. The topological polar surface area (TPSA) is 158 Å². The summed E-state index contributed by atoms with van der Waals surface area (Å²) >= 11 is 0. The highest BCUT2D eigenvalue weighted by Gasteiger charge is 2.31. The van der Waals surface area contributed by atoms with Crippen LogP contribution in [0.5, 0.6) is 46.0 Å². The average Bonchev–Trinajstić information content (AvgIpc) is 3.72. The minimum atomic E-state index is -0.744. The molecule has 13 nitrogen and oxygen atoms in total. The number of rotatable bonds is 17. The number of hydrogen-bond donors (Lipinski definition) is 0. The van der Waals surface area contributed by atoms with Crippen LogP contribution in [0.2, 0.25) is 0 Å². The molecule has 344 valence electrons. The van der Waals surface area contributed by atoms with Gasteiger partial charge in [0.05, 0.1) is 27.2 Å². The number of carbonyl (C=O) groups excluding carboxylic acids is 2. The second kappa shape index (κ2) is 18.6. The SMILES string of the molecule is C=C(C)C(=O)Oc1ccc(Oc2cc(-n3c(=O)c4cc5c(=O)n(C(C)(CC)CC)c(=O)c5cc4c3=O)ccc2Oc2ccc(C(C)(CC)CC)c(Oc3ccc(OC(=O)C(=C)C)cc3)c2)cc1. The van der Waals surface area contributed by atoms with Crippen LogP contribution in [-0.2, 0) is 20.5 Å². The Kier molecular flexibility index (Phi) is 13.1. The van der Waals surface area contributed by atoms with E-state index in [-0.39, 0.29) is 61.0 Å². The van der Waals surface area contributed by atoms with Gasteiger partial charge in [-0.15, -0.1) is 0 Å². The molecule has 0 aliphatic carbocycles. The molecular formula is C54H52N2O11. The molecule has 0 bridgehead atoms. The molecule has 0 aliphatic rings. The summed E-state index contributed by atoms with van der Waals surface area (Å²) < 4.78 is 32.3. The number of hydrogen-bond acceptors (Lipinski definition) is 11. The van der Waals surface area contributed by atoms with Gasteiger partial charge < -0.3 is 23.7 Å². The number of nitrogens with zero attached hydrogens (tertiary/aromatic N) is 2. The Morgan fingerprint density at radius 3 is 1.36 bits per heavy atom. The predicted octanol–water partition coefficient (Wildman–Crippen LogP) is 10.9. The molecule has 0 atom stereocenters. The van der Waals surface area contributed by atoms with E-state index in [1.807, 2.05) is 32.9 Å². The highest BCUT2D eigenvalue weighted by Crippen LogP contribution is 2.43. The van der Waals surface area contributed by atoms with Gasteiger partial charge in [0.15, 0.2) is 11.5 Å². The number of aromatic nitrogens is 2. The molecule has 0 fully saturated rings. The molecule has 0 aliphatic heterocycles. The first kappa shape index (κ1) is 47.2. The van der Waals surface area contributed by atoms with E-state index in [1.165, 1.54) is 47.9 Å². The van der Waals surface area contributed by atoms with Gasteiger partial charge in [-0.2, -0.15) is 0 Å². The van der Waals surface area contributed by atoms with Gasteiger partial charge in [0.25, 0.3) is 22.2 Å². The Bertz CT molecular complexity index is 3220. The maximum atomic E-state index is 14.2. The smallest absolute Gasteiger partial charge is 0.338 e. The predicted molar refractivity (Wildman–Crippen MR) is 259 cm³/mol. The highest BCUT2D eigenvalue weighted by molar-refractivity contribution is 5.98. The van der Waals surface area contributed by atoms with Crippen molar-refractivity contribution in [2.75, 3.05) is 0 Å². The molecule has 7 aromatic rings. The minimum absolute atomic E-state index is 0.00886. The van der Waals surface area contributed by atoms with Crippen LogP contribution >= 0.6 is 0 Å². The van der Waals surface area contributed by atoms with Crippen LogP contribution in [0.1, 0.15) is 86.6 Å². The van der Waals surface area contributed by atoms with E-state index in [1.54, 1.807) is 55.5 Å². The summed E-state index contributed by atoms with van der Waals surface area (Å²) in [5, 5.41) is 0.119. The van der Waals surface area contributed by atoms with E-state index >= 15 is 0 Å². The third-order valence-electron chi connectivity index (χ3n) is 12.8. The molecule has 67 heavy (non-hydrogen) atoms. The normalized spacial score (nSPS) is 11.7. The molecule has 0 amide bonds. The first-order valence-electron chi connectivity index (χ1n) is 22.1. The standard InChI is InChI=1S/C54H52N2O11/c1-11-53(9,12-2)43-25-24-38(28-45(43)63-34-16-20-36(21-17-34)66-51(61)31(5)6)65-44-26-15-33(27-46(44)64-35-18-22-37(23-19-35)67-52(62)32(7)8)55-47(57)39-29-41-42(30-40(39)48(55)58)50(60)56(49(41)59)54(10,13-3)14-4/h15-30H,5,7,11-14H2,1-4,6,8-10H3. The minimum Gasteiger partial charge on any atom is -0.457 e. The molecule has 7 rings (SSSR count). The summed E-state index contributed by atoms with van der Waals surface area (Å²) in [7, 11) is 0. The van der Waals surface area contributed by atoms with E-state index < -0.39 is 39.7 Å². The first-order chi connectivity index (χ1) is 31.8. The summed E-state index contributed by atoms with van der Waals surface area (Å²) in [5.74, 6) is 1.38. The number of esters is 2. The van der Waals surface area contributed by atoms with E-state index in [2.05, 4.69) is 33.9 Å². The maximum absolute atomic E-state index is 14.2. The maximum Gasteiger partial charge on any atom is 0.338 e. The quantitative estimate of drug-likeness (QED) is 0.0486. The van der Waals surface area contributed by atoms with Crippen molar-refractivity contribution in [1.82, 2.24) is 9.13 Å². The summed E-state index contributed by atoms with van der Waals surface area (Å²) in [6.45, 7) is 22.3. The van der Waals surface area contributed by atoms with Crippen molar-refractivity contribution in [1.29, 1.82) is 0 Å². The van der Waals surface area contributed by atoms with Crippen LogP contribution < -0.4 is 45.9 Å². The summed E-state index contributed by atoms with van der Waals surface area (Å²) in [6, 6.07) is 25.6. The van der Waals surface area contributed by atoms with Crippen molar-refractivity contribution in [2.45, 2.75) is 92.0 Å². The van der Waals surface area contributed by atoms with Crippen LogP contribution in [0.15, 0.2) is 141 Å². The van der Waals surface area contributed by atoms with Crippen molar-refractivity contribution in [3.63, 3.8) is 0 Å². The van der Waals surface area contributed by atoms with E-state index in [0.29, 0.717) is 41.6 Å². The fourth-order valence-electron chi connectivity index (χ4n) is 7.77. The van der Waals surface area contributed by atoms with Gasteiger partial charge in [-0.25, -0.2) is 14.2 Å². The van der Waals surface area contributed by atoms with Gasteiger partial charge in [0.2, 0.25) is 0 Å². The van der Waals surface area contributed by atoms with Crippen LogP contribution in [0.25, 0.3) is 27.2 Å². The molecule has 0 saturated heterocycles. The van der Waals surface area contributed by atoms with Crippen molar-refractivity contribution < 1.29 is 33.3 Å². The van der Waals surface area contributed by atoms with Gasteiger partial charge in [0, 0.05) is 34.4 Å². The lowest BCUT2D eigenvalue weighted by Gasteiger charge is -2.29. The summed E-state index contributed by atoms with van der Waals surface area (Å²) in [6.07, 6.45) is 2.67. The van der Waals surface area contributed by atoms with Crippen LogP contribution in [0.3, 0.4) is 0 Å². The van der Waals surface area contributed by atoms with Crippen LogP contribution in [0, 0.1) is 0 Å². The zero-order chi connectivity index (χ0) is 48.5. The molecule has 0 spiro atoms. The molecule has 2 heterocycles. The van der Waals surface area contributed by atoms with E-state index in [4.69, 9.17) is 23.7 Å². The lowest BCUT2D eigenvalue weighted by atomic mass is 9.77. The van der Waals surface area contributed by atoms with Crippen molar-refractivity contribution in [3.05, 3.63) is 168 Å². The van der Waals surface area contributed by atoms with Crippen LogP contribution in [-0.4, -0.2) is 21.1 Å². The van der Waals surface area contributed by atoms with Gasteiger partial charge in [-0.05, 0) is 131 Å². The van der Waals surface area contributed by atoms with Crippen LogP contribution in [0.4, 0.5) is 0 Å². The summed E-state index contributed by atoms with van der Waals surface area (Å²) in [4.78, 5) is 80.1. The molecule has 0 unspecified atom stereocenters. The fraction of sp³-hybridized carbons (Fsp3) is 0.259. The molecule has 13 heteroatoms. The first-order valence-corrected chi connectivity index (χ1v) is 22.1. The number of benzene rings is 5. The lowest BCUT2D eigenvalue weighted by Crippen LogP contribution is -2.42. The van der Waals surface area contributed by atoms with Crippen molar-refractivity contribution in [3.8, 4) is 51.7 Å². The monoisotopic (exact) mass is 904 g/mol. The van der Waals surface area contributed by atoms with Crippen molar-refractivity contribution in [2.24, 2.45) is 0 Å². The largest absolute Gasteiger partial charge is 0.457 e. The van der Waals surface area contributed by atoms with Gasteiger partial charge in [-0.3, -0.25) is 23.7 Å². The molecule has 2 aromatic heterocycles. The third kappa shape index (κ3) is 9.09. The van der Waals surface area contributed by atoms with Gasteiger partial charge >= 0.3 is 11.9 Å². The van der Waals surface area contributed by atoms with Crippen molar-refractivity contribution >= 4 is 33.5 Å². The average molecular weight is 905 g/mol. The molecule has 5 aromatic carbocycles. The fourth-order valence-corrected chi connectivity index (χ4v) is 7.77. The zero-order valence-corrected chi connectivity index (χ0v) is 38.9. The Balaban J connectivity index is 1.31. The Hall–Kier alpha value is -7.80. The Morgan fingerprint density at radius 2 is 0.910 bits per heavy atom. The van der Waals surface area contributed by atoms with Gasteiger partial charge in [-0.1, -0.05) is 53.8 Å². The molecule has 0 saturated carbocycles. The number of ether oxygens (including phenoxy) is 5. The van der Waals surface area contributed by atoms with E-state index in [0.717, 1.165) is 23.0 Å².